The average Bonchev–Trinajstić information content (AvgIpc) is 1.94. The number of hydrogen-bond donors (Lipinski definition) is 25. The van der Waals surface area contributed by atoms with Crippen LogP contribution in [-0.2, 0) is 121 Å². The van der Waals surface area contributed by atoms with E-state index >= 15 is 28.8 Å². The number of guanidine groups is 1. The van der Waals surface area contributed by atoms with Crippen LogP contribution in [0, 0.1) is 5.41 Å². The summed E-state index contributed by atoms with van der Waals surface area (Å²) in [5.74, 6) is -18.9. The van der Waals surface area contributed by atoms with Crippen molar-refractivity contribution >= 4 is 123 Å². The number of nitrogens with two attached hydrogens (primary N) is 3. The summed E-state index contributed by atoms with van der Waals surface area (Å²) in [5, 5.41) is 110. The zero-order valence-corrected chi connectivity index (χ0v) is 83.0. The summed E-state index contributed by atoms with van der Waals surface area (Å²) < 4.78 is 10.8. The molecule has 2 fully saturated rings. The number of carbonyl (C=O) groups is 18. The third kappa shape index (κ3) is 46.5. The fourth-order valence-electron chi connectivity index (χ4n) is 16.7. The molecule has 4 heterocycles. The number of primary amides is 2. The van der Waals surface area contributed by atoms with Crippen molar-refractivity contribution in [2.75, 3.05) is 85.4 Å². The van der Waals surface area contributed by atoms with Crippen molar-refractivity contribution in [2.24, 2.45) is 17.2 Å². The third-order valence-corrected chi connectivity index (χ3v) is 24.6. The van der Waals surface area contributed by atoms with Crippen LogP contribution in [0.3, 0.4) is 0 Å². The molecule has 0 unspecified atom stereocenters. The smallest absolute Gasteiger partial charge is 0.317 e. The monoisotopic (exact) mass is 2080 g/mol. The average molecular weight is 2080 g/mol. The number of amides is 16. The van der Waals surface area contributed by atoms with Crippen LogP contribution in [0.5, 0.6) is 5.75 Å². The molecule has 7 rings (SSSR count). The predicted octanol–water partition coefficient (Wildman–Crippen LogP) is -2.42. The number of carboxylic acids is 2. The number of aromatic hydroxyl groups is 1. The standard InChI is InChI=1S/C97H145N25O25.CH4/c1-2-3-28-68(87(136)112-71-39-41-81(128)102-42-23-22-30-67(86(99)135)108-92(141)74(50-62-52-105-66-29-21-20-27-65(62)66)114-88(137)69(31-24-43-104-97(100)101)109-90(139)73(48-60-25-16-15-17-26-60)115-95(144)77-51-64(125)54-122(77)96(71)145)110-93(142)75(55-121(56-84(131)132)57-85(133)134)116-91(140)72(49-61-34-36-63(124)37-35-61)113-89(138)70(38-40-78(98)126)111-94(143)76(58-123)107-82(129)53-106-83(130)59-147-47-46-146-45-44-103-80(127)33-19-14-12-10-8-6-4-5-7-9-11-13-18-32-79-117-119-120-118-79;/h15-17,20-21,25-27,29,34-37,52,64,67-77,105,123-125H,2-14,18-19,22-24,28,30-33,38-51,53-59H2,1H3,(H2,98,126)(H2,99,135)(H,102,128)(H,103,127)(H,106,130)(H,107,129)(H,108,141)(H,109,139)(H,110,142)(H,111,143)(H,112,136)(H,113,138)(H,114,137)(H,115,144)(H,116,140)(H,131,132)(H,133,134)(H4,100,101,104)(H,117,118,119,120);1H4/t64-,67+,68+,69+,70+,71+,72+,73-,74-,75+,76+,77+;/m1./s1. The van der Waals surface area contributed by atoms with Gasteiger partial charge in [-0.15, -0.1) is 5.10 Å². The Balaban J connectivity index is 0.0000334. The van der Waals surface area contributed by atoms with E-state index in [4.69, 9.17) is 32.1 Å². The molecule has 0 radical (unpaired) electrons. The number of fused-ring (bicyclic) bond motifs is 2. The number of hydrogen-bond acceptors (Lipinski definition) is 28. The van der Waals surface area contributed by atoms with Crippen molar-refractivity contribution in [2.45, 2.75) is 286 Å². The number of nitrogens with zero attached hydrogens (tertiary/aromatic N) is 5. The Morgan fingerprint density at radius 2 is 1.18 bits per heavy atom. The quantitative estimate of drug-likeness (QED) is 0.0109. The number of benzene rings is 3. The Kier molecular flexibility index (Phi) is 55.7. The highest BCUT2D eigenvalue weighted by Crippen LogP contribution is 2.25. The number of aliphatic hydroxyl groups excluding tert-OH is 2. The summed E-state index contributed by atoms with van der Waals surface area (Å²) in [6.07, 6.45) is 12.5. The van der Waals surface area contributed by atoms with E-state index in [1.807, 2.05) is 0 Å². The molecule has 5 aromatic rings. The number of phenols is 1. The third-order valence-electron chi connectivity index (χ3n) is 24.6. The molecule has 816 valence electrons. The number of para-hydroxylation sites is 1. The molecule has 2 aliphatic rings. The molecule has 2 aromatic heterocycles. The summed E-state index contributed by atoms with van der Waals surface area (Å²) in [5.41, 5.74) is 18.9. The van der Waals surface area contributed by atoms with Gasteiger partial charge >= 0.3 is 11.9 Å². The summed E-state index contributed by atoms with van der Waals surface area (Å²) in [6, 6.07) is 1.47. The lowest BCUT2D eigenvalue weighted by Crippen LogP contribution is -2.62. The molecule has 2 saturated heterocycles. The molecular weight excluding hydrogens is 1930 g/mol. The summed E-state index contributed by atoms with van der Waals surface area (Å²) in [6.45, 7) is -4.17. The minimum atomic E-state index is -2.13. The predicted molar refractivity (Wildman–Crippen MR) is 537 cm³/mol. The van der Waals surface area contributed by atoms with Gasteiger partial charge in [-0.3, -0.25) is 96.6 Å². The second kappa shape index (κ2) is 67.4. The highest BCUT2D eigenvalue weighted by atomic mass is 16.5. The topological polar surface area (TPSA) is 774 Å². The van der Waals surface area contributed by atoms with Gasteiger partial charge in [-0.2, -0.15) is 0 Å². The number of unbranched alkanes of at least 4 members (excludes halogenated alkanes) is 13. The van der Waals surface area contributed by atoms with Crippen LogP contribution in [-0.4, -0.2) is 331 Å². The molecule has 12 atom stereocenters. The summed E-state index contributed by atoms with van der Waals surface area (Å²) in [7, 11) is 0. The molecule has 50 heteroatoms. The van der Waals surface area contributed by atoms with E-state index in [0.717, 1.165) is 49.2 Å². The van der Waals surface area contributed by atoms with E-state index in [-0.39, 0.29) is 122 Å². The lowest BCUT2D eigenvalue weighted by atomic mass is 10.0. The maximum Gasteiger partial charge on any atom is 0.317 e. The van der Waals surface area contributed by atoms with Gasteiger partial charge in [0.2, 0.25) is 94.5 Å². The number of tetrazole rings is 1. The molecule has 50 nitrogen and oxygen atoms in total. The molecule has 0 bridgehead atoms. The first-order chi connectivity index (χ1) is 70.6. The van der Waals surface area contributed by atoms with Crippen LogP contribution in [0.2, 0.25) is 0 Å². The van der Waals surface area contributed by atoms with E-state index in [1.54, 1.807) is 67.7 Å². The summed E-state index contributed by atoms with van der Waals surface area (Å²) in [4.78, 5) is 257. The van der Waals surface area contributed by atoms with Gasteiger partial charge in [0.05, 0.1) is 52.2 Å². The zero-order valence-electron chi connectivity index (χ0n) is 83.0. The fourth-order valence-corrected chi connectivity index (χ4v) is 16.7. The highest BCUT2D eigenvalue weighted by molar-refractivity contribution is 6.01. The van der Waals surface area contributed by atoms with E-state index in [9.17, 15) is 83.1 Å². The van der Waals surface area contributed by atoms with Crippen molar-refractivity contribution in [3.8, 4) is 5.75 Å². The zero-order chi connectivity index (χ0) is 107. The minimum Gasteiger partial charge on any atom is -0.508 e. The molecular formula is C98H149N25O25. The van der Waals surface area contributed by atoms with E-state index in [1.165, 1.54) is 75.6 Å². The van der Waals surface area contributed by atoms with Gasteiger partial charge in [0, 0.05) is 101 Å². The number of aryl methyl sites for hydroxylation is 1. The molecule has 2 aliphatic heterocycles. The number of carboxylic acid groups (broad SMARTS) is 2. The first-order valence-electron chi connectivity index (χ1n) is 50.1. The molecule has 0 aliphatic carbocycles. The maximum atomic E-state index is 15.5. The van der Waals surface area contributed by atoms with E-state index in [2.05, 4.69) is 100 Å². The number of aliphatic carboxylic acids is 2. The Morgan fingerprint density at radius 3 is 1.82 bits per heavy atom. The molecule has 0 spiro atoms. The van der Waals surface area contributed by atoms with E-state index < -0.39 is 264 Å². The lowest BCUT2D eigenvalue weighted by molar-refractivity contribution is -0.144. The van der Waals surface area contributed by atoms with Gasteiger partial charge in [0.25, 0.3) is 0 Å². The number of aromatic nitrogens is 5. The Bertz CT molecular complexity index is 5080. The molecule has 148 heavy (non-hydrogen) atoms. The molecule has 16 amide bonds. The van der Waals surface area contributed by atoms with Gasteiger partial charge in [0.15, 0.2) is 5.96 Å². The van der Waals surface area contributed by atoms with Crippen LogP contribution in [0.25, 0.3) is 10.9 Å². The molecule has 28 N–H and O–H groups in total. The number of nitrogens with one attached hydrogen (secondary N) is 17. The first kappa shape index (κ1) is 122. The Morgan fingerprint density at radius 1 is 0.581 bits per heavy atom. The number of ether oxygens (including phenoxy) is 2. The highest BCUT2D eigenvalue weighted by Gasteiger charge is 2.45. The molecule has 0 saturated carbocycles. The minimum absolute atomic E-state index is 0. The van der Waals surface area contributed by atoms with Crippen molar-refractivity contribution < 1.29 is 121 Å². The van der Waals surface area contributed by atoms with Crippen molar-refractivity contribution in [1.82, 2.24) is 110 Å². The van der Waals surface area contributed by atoms with Gasteiger partial charge in [-0.1, -0.05) is 158 Å². The second-order valence-electron chi connectivity index (χ2n) is 36.5. The number of carbonyl (C=O) groups excluding carboxylic acids is 16. The van der Waals surface area contributed by atoms with Crippen LogP contribution < -0.4 is 91.6 Å². The lowest BCUT2D eigenvalue weighted by Gasteiger charge is -2.31. The van der Waals surface area contributed by atoms with Gasteiger partial charge in [-0.25, -0.2) is 5.10 Å². The second-order valence-corrected chi connectivity index (χ2v) is 36.5. The normalized spacial score (nSPS) is 18.1. The van der Waals surface area contributed by atoms with Crippen molar-refractivity contribution in [3.05, 3.63) is 108 Å². The van der Waals surface area contributed by atoms with Crippen LogP contribution >= 0.6 is 0 Å². The van der Waals surface area contributed by atoms with Crippen LogP contribution in [0.1, 0.15) is 210 Å². The number of phenolic OH excluding ortho intramolecular Hbond substituents is 1. The first-order valence-corrected chi connectivity index (χ1v) is 50.1. The molecule has 3 aromatic carbocycles. The number of aromatic amines is 2. The van der Waals surface area contributed by atoms with Crippen LogP contribution in [0.4, 0.5) is 0 Å². The van der Waals surface area contributed by atoms with Crippen LogP contribution in [0.15, 0.2) is 85.1 Å². The SMILES string of the molecule is C.CCCC[C@H](NC(=O)[C@H](CN(CC(=O)O)CC(=O)O)NC(=O)[C@H](Cc1ccc(O)cc1)NC(=O)[C@H](CCC(N)=O)NC(=O)[C@H](CO)NC(=O)CNC(=O)COCCOCCNC(=O)CCCCCCCCCCCCCCCc1nnn[nH]1)C(=O)N[C@H]1CCC(=O)NCCCC[C@@H](C(N)=O)NC(=O)[C@@H](Cc2c[nH]c3ccccc23)NC(=O)[C@H](CCCNC(=N)N)NC(=O)[C@@H](Cc2ccccc2)NC(=O)[C@@H]2C[C@@H](O)CN2C1=O. The largest absolute Gasteiger partial charge is 0.508 e. The van der Waals surface area contributed by atoms with Crippen molar-refractivity contribution in [1.29, 1.82) is 5.41 Å². The number of H-pyrrole nitrogens is 2. The van der Waals surface area contributed by atoms with Gasteiger partial charge in [0.1, 0.15) is 84.6 Å². The van der Waals surface area contributed by atoms with Gasteiger partial charge in [-0.05, 0) is 110 Å². The van der Waals surface area contributed by atoms with Crippen molar-refractivity contribution in [3.63, 3.8) is 0 Å². The van der Waals surface area contributed by atoms with Gasteiger partial charge < -0.3 is 137 Å². The number of rotatable bonds is 61. The Hall–Kier alpha value is -14.4. The summed E-state index contributed by atoms with van der Waals surface area (Å²) >= 11 is 0. The Labute approximate surface area is 857 Å². The fraction of sp³-hybridized carbons (Fsp3) is 0.592. The van der Waals surface area contributed by atoms with E-state index in [0.29, 0.717) is 39.8 Å². The number of aliphatic hydroxyl groups is 2. The maximum absolute atomic E-state index is 15.5.